The fraction of sp³-hybridized carbons (Fsp3) is 0.960. The SMILES string of the molecule is C[C@@]1(O)CC[C@H]2[C@H](CC[C@@H]3[C@@H]2CC[C@]2(C)[C@@H](C(=O)NC4CCOCC4)CC[C@@H]32)C1. The number of aliphatic hydroxyl groups is 1. The first-order valence-corrected chi connectivity index (χ1v) is 12.5. The Morgan fingerprint density at radius 1 is 0.897 bits per heavy atom. The lowest BCUT2D eigenvalue weighted by atomic mass is 9.49. The summed E-state index contributed by atoms with van der Waals surface area (Å²) >= 11 is 0. The molecule has 4 aliphatic carbocycles. The van der Waals surface area contributed by atoms with Crippen LogP contribution in [0, 0.1) is 40.9 Å². The van der Waals surface area contributed by atoms with Crippen LogP contribution in [-0.2, 0) is 9.53 Å². The van der Waals surface area contributed by atoms with E-state index in [2.05, 4.69) is 12.2 Å². The zero-order chi connectivity index (χ0) is 20.2. The lowest BCUT2D eigenvalue weighted by molar-refractivity contribution is -0.135. The number of amides is 1. The molecule has 5 rings (SSSR count). The molecule has 0 spiro atoms. The minimum Gasteiger partial charge on any atom is -0.390 e. The van der Waals surface area contributed by atoms with Crippen molar-refractivity contribution < 1.29 is 14.6 Å². The van der Waals surface area contributed by atoms with E-state index in [4.69, 9.17) is 4.74 Å². The molecule has 0 radical (unpaired) electrons. The van der Waals surface area contributed by atoms with Crippen LogP contribution in [0.2, 0.25) is 0 Å². The van der Waals surface area contributed by atoms with E-state index in [9.17, 15) is 9.90 Å². The van der Waals surface area contributed by atoms with Crippen LogP contribution in [0.1, 0.15) is 84.5 Å². The van der Waals surface area contributed by atoms with Crippen molar-refractivity contribution in [1.82, 2.24) is 5.32 Å². The zero-order valence-corrected chi connectivity index (χ0v) is 18.5. The van der Waals surface area contributed by atoms with Crippen LogP contribution in [0.5, 0.6) is 0 Å². The Hall–Kier alpha value is -0.610. The number of hydrogen-bond acceptors (Lipinski definition) is 3. The highest BCUT2D eigenvalue weighted by atomic mass is 16.5. The molecule has 2 N–H and O–H groups in total. The van der Waals surface area contributed by atoms with Gasteiger partial charge in [0.25, 0.3) is 0 Å². The average Bonchev–Trinajstić information content (AvgIpc) is 3.05. The van der Waals surface area contributed by atoms with Gasteiger partial charge < -0.3 is 15.2 Å². The highest BCUT2D eigenvalue weighted by molar-refractivity contribution is 5.80. The molecule has 4 heteroatoms. The number of carbonyl (C=O) groups is 1. The van der Waals surface area contributed by atoms with Crippen molar-refractivity contribution in [3.8, 4) is 0 Å². The summed E-state index contributed by atoms with van der Waals surface area (Å²) in [6.07, 6.45) is 12.6. The van der Waals surface area contributed by atoms with Crippen LogP contribution in [0.25, 0.3) is 0 Å². The highest BCUT2D eigenvalue weighted by Gasteiger charge is 2.59. The third-order valence-corrected chi connectivity index (χ3v) is 10.1. The van der Waals surface area contributed by atoms with E-state index in [0.29, 0.717) is 11.9 Å². The lowest BCUT2D eigenvalue weighted by Crippen LogP contribution is -2.52. The van der Waals surface area contributed by atoms with Crippen LogP contribution in [0.3, 0.4) is 0 Å². The van der Waals surface area contributed by atoms with Crippen molar-refractivity contribution in [1.29, 1.82) is 0 Å². The second kappa shape index (κ2) is 7.51. The van der Waals surface area contributed by atoms with Gasteiger partial charge in [-0.2, -0.15) is 0 Å². The van der Waals surface area contributed by atoms with Crippen molar-refractivity contribution in [3.63, 3.8) is 0 Å². The number of ether oxygens (including phenoxy) is 1. The van der Waals surface area contributed by atoms with E-state index in [1.54, 1.807) is 0 Å². The van der Waals surface area contributed by atoms with Gasteiger partial charge in [0.05, 0.1) is 5.60 Å². The van der Waals surface area contributed by atoms with E-state index >= 15 is 0 Å². The Kier molecular flexibility index (Phi) is 5.26. The van der Waals surface area contributed by atoms with E-state index in [1.165, 1.54) is 38.5 Å². The summed E-state index contributed by atoms with van der Waals surface area (Å²) in [5.41, 5.74) is -0.235. The number of rotatable bonds is 2. The molecular formula is C25H41NO3. The van der Waals surface area contributed by atoms with Crippen molar-refractivity contribution >= 4 is 5.91 Å². The van der Waals surface area contributed by atoms with Gasteiger partial charge in [-0.05, 0) is 113 Å². The molecule has 5 aliphatic rings. The zero-order valence-electron chi connectivity index (χ0n) is 18.5. The summed E-state index contributed by atoms with van der Waals surface area (Å²) in [6.45, 7) is 6.07. The van der Waals surface area contributed by atoms with Gasteiger partial charge in [-0.15, -0.1) is 0 Å². The summed E-state index contributed by atoms with van der Waals surface area (Å²) < 4.78 is 5.46. The molecule has 1 saturated heterocycles. The summed E-state index contributed by atoms with van der Waals surface area (Å²) in [4.78, 5) is 13.3. The van der Waals surface area contributed by atoms with E-state index < -0.39 is 5.60 Å². The summed E-state index contributed by atoms with van der Waals surface area (Å²) in [5.74, 6) is 4.50. The van der Waals surface area contributed by atoms with E-state index in [1.807, 2.05) is 6.92 Å². The van der Waals surface area contributed by atoms with Crippen molar-refractivity contribution in [2.75, 3.05) is 13.2 Å². The Morgan fingerprint density at radius 2 is 1.66 bits per heavy atom. The van der Waals surface area contributed by atoms with Gasteiger partial charge in [-0.1, -0.05) is 6.92 Å². The van der Waals surface area contributed by atoms with E-state index in [0.717, 1.165) is 74.9 Å². The van der Waals surface area contributed by atoms with E-state index in [-0.39, 0.29) is 11.3 Å². The molecule has 0 bridgehead atoms. The number of hydrogen-bond donors (Lipinski definition) is 2. The predicted molar refractivity (Wildman–Crippen MR) is 113 cm³/mol. The van der Waals surface area contributed by atoms with Crippen LogP contribution in [0.15, 0.2) is 0 Å². The van der Waals surface area contributed by atoms with Gasteiger partial charge in [0.15, 0.2) is 0 Å². The van der Waals surface area contributed by atoms with Crippen LogP contribution < -0.4 is 5.32 Å². The van der Waals surface area contributed by atoms with Crippen LogP contribution in [-0.4, -0.2) is 35.9 Å². The van der Waals surface area contributed by atoms with Crippen molar-refractivity contribution in [2.45, 2.75) is 96.1 Å². The topological polar surface area (TPSA) is 58.6 Å². The normalized spacial score (nSPS) is 50.3. The first-order chi connectivity index (χ1) is 13.9. The van der Waals surface area contributed by atoms with Crippen molar-refractivity contribution in [2.24, 2.45) is 40.9 Å². The second-order valence-electron chi connectivity index (χ2n) is 11.7. The first-order valence-electron chi connectivity index (χ1n) is 12.5. The molecule has 4 nitrogen and oxygen atoms in total. The van der Waals surface area contributed by atoms with Crippen molar-refractivity contribution in [3.05, 3.63) is 0 Å². The average molecular weight is 404 g/mol. The summed E-state index contributed by atoms with van der Waals surface area (Å²) in [5, 5.41) is 14.0. The van der Waals surface area contributed by atoms with Gasteiger partial charge in [-0.25, -0.2) is 0 Å². The fourth-order valence-electron chi connectivity index (χ4n) is 8.66. The maximum atomic E-state index is 13.3. The molecule has 5 fully saturated rings. The standard InChI is InChI=1S/C25H41NO3/c1-24(28)11-7-18-16(15-24)3-4-20-19(18)8-12-25(2)21(20)5-6-22(25)23(27)26-17-9-13-29-14-10-17/h16-22,28H,3-15H2,1-2H3,(H,26,27)/t16-,18+,19-,20-,21+,22-,24-,25+/m1/s1. The number of nitrogens with one attached hydrogen (secondary N) is 1. The molecule has 8 atom stereocenters. The minimum absolute atomic E-state index is 0.198. The Balaban J connectivity index is 1.28. The Bertz CT molecular complexity index is 628. The maximum absolute atomic E-state index is 13.3. The van der Waals surface area contributed by atoms with Crippen LogP contribution in [0.4, 0.5) is 0 Å². The first kappa shape index (κ1) is 20.3. The summed E-state index contributed by atoms with van der Waals surface area (Å²) in [7, 11) is 0. The van der Waals surface area contributed by atoms with Gasteiger partial charge >= 0.3 is 0 Å². The second-order valence-corrected chi connectivity index (χ2v) is 11.7. The largest absolute Gasteiger partial charge is 0.390 e. The highest BCUT2D eigenvalue weighted by Crippen LogP contribution is 2.64. The molecule has 4 saturated carbocycles. The summed E-state index contributed by atoms with van der Waals surface area (Å²) in [6, 6.07) is 0.320. The van der Waals surface area contributed by atoms with Gasteiger partial charge in [0.2, 0.25) is 5.91 Å². The quantitative estimate of drug-likeness (QED) is 0.723. The van der Waals surface area contributed by atoms with Gasteiger partial charge in [-0.3, -0.25) is 4.79 Å². The minimum atomic E-state index is -0.433. The molecule has 164 valence electrons. The number of carbonyl (C=O) groups excluding carboxylic acids is 1. The maximum Gasteiger partial charge on any atom is 0.223 e. The Morgan fingerprint density at radius 3 is 2.45 bits per heavy atom. The Labute approximate surface area is 176 Å². The molecule has 0 aromatic carbocycles. The molecule has 0 unspecified atom stereocenters. The molecular weight excluding hydrogens is 362 g/mol. The monoisotopic (exact) mass is 403 g/mol. The van der Waals surface area contributed by atoms with Crippen LogP contribution >= 0.6 is 0 Å². The lowest BCUT2D eigenvalue weighted by Gasteiger charge is -2.56. The third-order valence-electron chi connectivity index (χ3n) is 10.1. The smallest absolute Gasteiger partial charge is 0.223 e. The van der Waals surface area contributed by atoms with Gasteiger partial charge in [0, 0.05) is 25.2 Å². The third kappa shape index (κ3) is 3.56. The number of fused-ring (bicyclic) bond motifs is 5. The molecule has 0 aromatic rings. The molecule has 1 amide bonds. The fourth-order valence-corrected chi connectivity index (χ4v) is 8.66. The predicted octanol–water partition coefficient (Wildman–Crippen LogP) is 4.30. The molecule has 1 aliphatic heterocycles. The van der Waals surface area contributed by atoms with Gasteiger partial charge in [0.1, 0.15) is 0 Å². The molecule has 29 heavy (non-hydrogen) atoms. The molecule has 0 aromatic heterocycles. The molecule has 1 heterocycles.